The summed E-state index contributed by atoms with van der Waals surface area (Å²) in [5.41, 5.74) is -0.758. The molecule has 0 aromatic carbocycles. The molecule has 4 N–H and O–H groups in total. The number of aromatic hydroxyl groups is 1. The van der Waals surface area contributed by atoms with Crippen LogP contribution < -0.4 is 5.56 Å². The van der Waals surface area contributed by atoms with Crippen molar-refractivity contribution in [2.24, 2.45) is 0 Å². The Morgan fingerprint density at radius 1 is 1.39 bits per heavy atom. The van der Waals surface area contributed by atoms with Gasteiger partial charge in [-0.25, -0.2) is 0 Å². The minimum atomic E-state index is -1.37. The van der Waals surface area contributed by atoms with Gasteiger partial charge in [-0.2, -0.15) is 0 Å². The number of pyridine rings is 1. The van der Waals surface area contributed by atoms with Crippen molar-refractivity contribution in [1.29, 1.82) is 0 Å². The molecule has 0 radical (unpaired) electrons. The van der Waals surface area contributed by atoms with Crippen LogP contribution in [0.1, 0.15) is 6.23 Å². The Bertz CT molecular complexity index is 504. The van der Waals surface area contributed by atoms with Crippen LogP contribution in [0.4, 0.5) is 0 Å². The largest absolute Gasteiger partial charge is 0.506 e. The van der Waals surface area contributed by atoms with E-state index in [2.05, 4.69) is 0 Å². The van der Waals surface area contributed by atoms with Crippen molar-refractivity contribution in [3.63, 3.8) is 0 Å². The Kier molecular flexibility index (Phi) is 3.60. The van der Waals surface area contributed by atoms with Gasteiger partial charge < -0.3 is 25.2 Å². The zero-order valence-electron chi connectivity index (χ0n) is 9.10. The number of ether oxygens (including phenoxy) is 1. The summed E-state index contributed by atoms with van der Waals surface area (Å²) in [6, 6.07) is 1.17. The molecule has 7 nitrogen and oxygen atoms in total. The van der Waals surface area contributed by atoms with Crippen LogP contribution in [0.3, 0.4) is 0 Å². The van der Waals surface area contributed by atoms with Gasteiger partial charge in [0.05, 0.1) is 6.61 Å². The van der Waals surface area contributed by atoms with Crippen LogP contribution in [-0.2, 0) is 4.74 Å². The maximum atomic E-state index is 11.8. The summed E-state index contributed by atoms with van der Waals surface area (Å²) in [7, 11) is 0. The zero-order chi connectivity index (χ0) is 13.4. The maximum absolute atomic E-state index is 11.8. The predicted octanol–water partition coefficient (Wildman–Crippen LogP) is -1.18. The maximum Gasteiger partial charge on any atom is 0.275 e. The van der Waals surface area contributed by atoms with Gasteiger partial charge in [0.25, 0.3) is 5.56 Å². The van der Waals surface area contributed by atoms with Gasteiger partial charge in [-0.1, -0.05) is 11.6 Å². The van der Waals surface area contributed by atoms with Gasteiger partial charge in [0.2, 0.25) is 0 Å². The monoisotopic (exact) mass is 277 g/mol. The lowest BCUT2D eigenvalue weighted by atomic mass is 10.1. The number of hydrogen-bond donors (Lipinski definition) is 4. The van der Waals surface area contributed by atoms with Gasteiger partial charge in [0.1, 0.15) is 29.1 Å². The third-order valence-electron chi connectivity index (χ3n) is 2.83. The Hall–Kier alpha value is -1.12. The molecule has 8 heteroatoms. The van der Waals surface area contributed by atoms with Gasteiger partial charge in [0.15, 0.2) is 6.23 Å². The zero-order valence-corrected chi connectivity index (χ0v) is 9.86. The van der Waals surface area contributed by atoms with E-state index in [0.717, 1.165) is 4.57 Å². The SMILES string of the molecule is O=c1c(Cl)c(O)ccn1C1O[C@H](CO)[C@@H](O)[C@H]1O. The second kappa shape index (κ2) is 4.87. The minimum Gasteiger partial charge on any atom is -0.506 e. The summed E-state index contributed by atoms with van der Waals surface area (Å²) < 4.78 is 6.12. The van der Waals surface area contributed by atoms with Gasteiger partial charge in [-0.3, -0.25) is 9.36 Å². The highest BCUT2D eigenvalue weighted by molar-refractivity contribution is 6.31. The van der Waals surface area contributed by atoms with Gasteiger partial charge in [-0.05, 0) is 6.07 Å². The van der Waals surface area contributed by atoms with E-state index in [4.69, 9.17) is 21.4 Å². The lowest BCUT2D eigenvalue weighted by molar-refractivity contribution is -0.0544. The highest BCUT2D eigenvalue weighted by Crippen LogP contribution is 2.29. The van der Waals surface area contributed by atoms with Crippen molar-refractivity contribution in [2.75, 3.05) is 6.61 Å². The van der Waals surface area contributed by atoms with E-state index in [-0.39, 0.29) is 5.75 Å². The second-order valence-corrected chi connectivity index (χ2v) is 4.33. The van der Waals surface area contributed by atoms with Crippen molar-refractivity contribution < 1.29 is 25.2 Å². The van der Waals surface area contributed by atoms with Crippen LogP contribution in [0.2, 0.25) is 5.02 Å². The molecule has 4 atom stereocenters. The molecule has 2 rings (SSSR count). The van der Waals surface area contributed by atoms with Crippen LogP contribution in [-0.4, -0.2) is 49.9 Å². The highest BCUT2D eigenvalue weighted by Gasteiger charge is 2.43. The van der Waals surface area contributed by atoms with Crippen molar-refractivity contribution in [1.82, 2.24) is 4.57 Å². The fourth-order valence-electron chi connectivity index (χ4n) is 1.82. The average molecular weight is 278 g/mol. The Morgan fingerprint density at radius 2 is 2.06 bits per heavy atom. The molecule has 1 unspecified atom stereocenters. The van der Waals surface area contributed by atoms with Crippen LogP contribution >= 0.6 is 11.6 Å². The van der Waals surface area contributed by atoms with Gasteiger partial charge in [0, 0.05) is 6.20 Å². The van der Waals surface area contributed by atoms with E-state index in [1.165, 1.54) is 12.3 Å². The number of aliphatic hydroxyl groups is 3. The molecule has 1 saturated heterocycles. The third-order valence-corrected chi connectivity index (χ3v) is 3.19. The van der Waals surface area contributed by atoms with Crippen molar-refractivity contribution in [2.45, 2.75) is 24.5 Å². The summed E-state index contributed by atoms with van der Waals surface area (Å²) in [4.78, 5) is 11.8. The van der Waals surface area contributed by atoms with Crippen LogP contribution in [0, 0.1) is 0 Å². The summed E-state index contributed by atoms with van der Waals surface area (Å²) in [6.45, 7) is -0.491. The molecule has 0 amide bonds. The van der Waals surface area contributed by atoms with E-state index in [1.807, 2.05) is 0 Å². The first-order valence-corrected chi connectivity index (χ1v) is 5.57. The number of aliphatic hydroxyl groups excluding tert-OH is 3. The molecular weight excluding hydrogens is 266 g/mol. The second-order valence-electron chi connectivity index (χ2n) is 3.96. The van der Waals surface area contributed by atoms with Gasteiger partial charge in [-0.15, -0.1) is 0 Å². The summed E-state index contributed by atoms with van der Waals surface area (Å²) in [5, 5.41) is 37.1. The number of hydrogen-bond acceptors (Lipinski definition) is 6. The summed E-state index contributed by atoms with van der Waals surface area (Å²) >= 11 is 5.58. The molecule has 1 aromatic heterocycles. The fourth-order valence-corrected chi connectivity index (χ4v) is 1.99. The molecule has 18 heavy (non-hydrogen) atoms. The van der Waals surface area contributed by atoms with Gasteiger partial charge >= 0.3 is 0 Å². The highest BCUT2D eigenvalue weighted by atomic mass is 35.5. The van der Waals surface area contributed by atoms with E-state index in [1.54, 1.807) is 0 Å². The first-order chi connectivity index (χ1) is 8.47. The van der Waals surface area contributed by atoms with E-state index >= 15 is 0 Å². The number of rotatable bonds is 2. The molecule has 100 valence electrons. The van der Waals surface area contributed by atoms with E-state index in [0.29, 0.717) is 0 Å². The normalized spacial score (nSPS) is 31.8. The van der Waals surface area contributed by atoms with E-state index < -0.39 is 41.7 Å². The summed E-state index contributed by atoms with van der Waals surface area (Å²) in [6.07, 6.45) is -3.64. The minimum absolute atomic E-state index is 0.385. The summed E-state index contributed by atoms with van der Waals surface area (Å²) in [5.74, 6) is -0.385. The van der Waals surface area contributed by atoms with E-state index in [9.17, 15) is 20.1 Å². The van der Waals surface area contributed by atoms with Crippen LogP contribution in [0.5, 0.6) is 5.75 Å². The number of aromatic nitrogens is 1. The fraction of sp³-hybridized carbons (Fsp3) is 0.500. The lowest BCUT2D eigenvalue weighted by Gasteiger charge is -2.17. The molecule has 1 aromatic rings. The van der Waals surface area contributed by atoms with Crippen LogP contribution in [0.25, 0.3) is 0 Å². The molecule has 1 aliphatic heterocycles. The standard InChI is InChI=1S/C10H12ClNO6/c11-6-4(14)1-2-12(9(6)17)10-8(16)7(15)5(3-13)18-10/h1-2,5,7-8,10,13-16H,3H2/t5-,7-,8-,10?/m1/s1. The molecular formula is C10H12ClNO6. The smallest absolute Gasteiger partial charge is 0.275 e. The Balaban J connectivity index is 2.39. The molecule has 0 bridgehead atoms. The first kappa shape index (κ1) is 13.3. The van der Waals surface area contributed by atoms with Crippen molar-refractivity contribution in [3.05, 3.63) is 27.6 Å². The number of nitrogens with zero attached hydrogens (tertiary/aromatic N) is 1. The van der Waals surface area contributed by atoms with Crippen molar-refractivity contribution >= 4 is 11.6 Å². The average Bonchev–Trinajstić information content (AvgIpc) is 2.64. The molecule has 1 aliphatic rings. The Morgan fingerprint density at radius 3 is 2.61 bits per heavy atom. The first-order valence-electron chi connectivity index (χ1n) is 5.19. The third kappa shape index (κ3) is 2.00. The quantitative estimate of drug-likeness (QED) is 0.541. The molecule has 0 spiro atoms. The lowest BCUT2D eigenvalue weighted by Crippen LogP contribution is -2.35. The van der Waals surface area contributed by atoms with Crippen LogP contribution in [0.15, 0.2) is 17.1 Å². The predicted molar refractivity (Wildman–Crippen MR) is 60.4 cm³/mol. The molecule has 2 heterocycles. The molecule has 0 aliphatic carbocycles. The topological polar surface area (TPSA) is 112 Å². The Labute approximate surface area is 106 Å². The molecule has 1 fully saturated rings. The molecule has 0 saturated carbocycles. The van der Waals surface area contributed by atoms with Crippen molar-refractivity contribution in [3.8, 4) is 5.75 Å². The number of halogens is 1.